The van der Waals surface area contributed by atoms with Gasteiger partial charge in [0.15, 0.2) is 6.10 Å². The molecule has 11 nitrogen and oxygen atoms in total. The fourth-order valence-electron chi connectivity index (χ4n) is 1.58. The molecule has 2 heterocycles. The molecule has 134 valence electrons. The molecule has 3 atom stereocenters. The van der Waals surface area contributed by atoms with Crippen LogP contribution in [0.1, 0.15) is 11.8 Å². The van der Waals surface area contributed by atoms with E-state index in [0.29, 0.717) is 6.61 Å². The van der Waals surface area contributed by atoms with Crippen molar-refractivity contribution in [2.45, 2.75) is 23.3 Å². The molecular weight excluding hydrogens is 346 g/mol. The molecule has 0 aromatic carbocycles. The maximum atomic E-state index is 11.5. The number of aliphatic carboxylic acids is 2. The number of carbonyl (C=O) groups is 2. The molecule has 1 fully saturated rings. The standard InChI is InChI=1S/C8H11N3O3S.C4H6O5/c9-5-1-2-11(8(13)10-5)6-4-14-7(3-12)15-6;5-2(4(8)9)1-3(6)7/h1-2,6-7,12H,3-4H2,(H2,9,10,13);2,5H,1H2,(H,6,7)(H,8,9)/t6-,7-;2-/m10/s1. The number of carboxylic acids is 2. The Labute approximate surface area is 139 Å². The van der Waals surface area contributed by atoms with E-state index in [1.54, 1.807) is 12.3 Å². The number of ether oxygens (including phenoxy) is 1. The van der Waals surface area contributed by atoms with Crippen LogP contribution in [-0.4, -0.2) is 66.7 Å². The van der Waals surface area contributed by atoms with Gasteiger partial charge in [-0.1, -0.05) is 0 Å². The number of aliphatic hydroxyl groups is 2. The quantitative estimate of drug-likeness (QED) is 0.402. The molecular formula is C12H17N3O8S. The fourth-order valence-corrected chi connectivity index (χ4v) is 2.63. The van der Waals surface area contributed by atoms with Crippen LogP contribution in [0.2, 0.25) is 0 Å². The fraction of sp³-hybridized carbons (Fsp3) is 0.500. The molecule has 0 radical (unpaired) electrons. The largest absolute Gasteiger partial charge is 0.481 e. The third-order valence-electron chi connectivity index (χ3n) is 2.70. The molecule has 6 N–H and O–H groups in total. The Morgan fingerprint density at radius 1 is 1.50 bits per heavy atom. The van der Waals surface area contributed by atoms with Crippen LogP contribution >= 0.6 is 11.8 Å². The van der Waals surface area contributed by atoms with E-state index >= 15 is 0 Å². The highest BCUT2D eigenvalue weighted by molar-refractivity contribution is 8.00. The number of aliphatic hydroxyl groups excluding tert-OH is 2. The van der Waals surface area contributed by atoms with E-state index in [9.17, 15) is 14.4 Å². The predicted molar refractivity (Wildman–Crippen MR) is 82.3 cm³/mol. The maximum Gasteiger partial charge on any atom is 0.350 e. The smallest absolute Gasteiger partial charge is 0.350 e. The van der Waals surface area contributed by atoms with Crippen molar-refractivity contribution in [2.75, 3.05) is 18.9 Å². The van der Waals surface area contributed by atoms with Crippen LogP contribution < -0.4 is 11.4 Å². The summed E-state index contributed by atoms with van der Waals surface area (Å²) in [6.07, 6.45) is -0.955. The van der Waals surface area contributed by atoms with E-state index < -0.39 is 30.2 Å². The van der Waals surface area contributed by atoms with Crippen molar-refractivity contribution in [2.24, 2.45) is 0 Å². The lowest BCUT2D eigenvalue weighted by atomic mass is 10.3. The number of carboxylic acid groups (broad SMARTS) is 2. The van der Waals surface area contributed by atoms with Crippen LogP contribution in [-0.2, 0) is 14.3 Å². The number of aromatic nitrogens is 2. The number of nitrogens with two attached hydrogens (primary N) is 1. The molecule has 0 amide bonds. The summed E-state index contributed by atoms with van der Waals surface area (Å²) >= 11 is 1.39. The number of rotatable bonds is 5. The monoisotopic (exact) mass is 363 g/mol. The molecule has 0 bridgehead atoms. The summed E-state index contributed by atoms with van der Waals surface area (Å²) in [5, 5.41) is 32.9. The average Bonchev–Trinajstić information content (AvgIpc) is 2.95. The molecule has 24 heavy (non-hydrogen) atoms. The van der Waals surface area contributed by atoms with Gasteiger partial charge in [-0.3, -0.25) is 9.36 Å². The zero-order chi connectivity index (χ0) is 18.3. The topological polar surface area (TPSA) is 185 Å². The first-order valence-electron chi connectivity index (χ1n) is 6.59. The maximum absolute atomic E-state index is 11.5. The first-order chi connectivity index (χ1) is 11.2. The Balaban J connectivity index is 0.000000277. The van der Waals surface area contributed by atoms with Crippen molar-refractivity contribution in [3.8, 4) is 0 Å². The normalized spacial score (nSPS) is 20.8. The molecule has 12 heteroatoms. The molecule has 2 rings (SSSR count). The summed E-state index contributed by atoms with van der Waals surface area (Å²) < 4.78 is 6.70. The second kappa shape index (κ2) is 9.22. The number of hydrogen-bond donors (Lipinski definition) is 5. The van der Waals surface area contributed by atoms with Gasteiger partial charge in [0.05, 0.1) is 19.6 Å². The van der Waals surface area contributed by atoms with Gasteiger partial charge in [-0.25, -0.2) is 9.59 Å². The van der Waals surface area contributed by atoms with Gasteiger partial charge in [0.1, 0.15) is 16.6 Å². The van der Waals surface area contributed by atoms with Crippen molar-refractivity contribution in [3.63, 3.8) is 0 Å². The Hall–Kier alpha value is -2.15. The highest BCUT2D eigenvalue weighted by Gasteiger charge is 2.27. The average molecular weight is 363 g/mol. The summed E-state index contributed by atoms with van der Waals surface area (Å²) in [6, 6.07) is 1.56. The lowest BCUT2D eigenvalue weighted by Gasteiger charge is -2.10. The minimum absolute atomic E-state index is 0.0572. The van der Waals surface area contributed by atoms with Crippen LogP contribution in [0.5, 0.6) is 0 Å². The lowest BCUT2D eigenvalue weighted by molar-refractivity contribution is -0.152. The summed E-state index contributed by atoms with van der Waals surface area (Å²) in [5.41, 5.74) is 4.72. The molecule has 1 aromatic heterocycles. The lowest BCUT2D eigenvalue weighted by Crippen LogP contribution is -2.26. The van der Waals surface area contributed by atoms with Crippen LogP contribution in [0, 0.1) is 0 Å². The second-order valence-electron chi connectivity index (χ2n) is 4.53. The summed E-state index contributed by atoms with van der Waals surface area (Å²) in [6.45, 7) is 0.333. The van der Waals surface area contributed by atoms with Gasteiger partial charge in [-0.15, -0.1) is 11.8 Å². The van der Waals surface area contributed by atoms with E-state index in [4.69, 9.17) is 30.9 Å². The van der Waals surface area contributed by atoms with Crippen molar-refractivity contribution in [3.05, 3.63) is 22.7 Å². The van der Waals surface area contributed by atoms with Crippen LogP contribution in [0.4, 0.5) is 5.82 Å². The number of nitrogens with zero attached hydrogens (tertiary/aromatic N) is 2. The second-order valence-corrected chi connectivity index (χ2v) is 5.87. The van der Waals surface area contributed by atoms with Crippen molar-refractivity contribution in [1.82, 2.24) is 9.55 Å². The predicted octanol–water partition coefficient (Wildman–Crippen LogP) is -1.69. The van der Waals surface area contributed by atoms with E-state index in [1.165, 1.54) is 16.3 Å². The molecule has 0 spiro atoms. The van der Waals surface area contributed by atoms with E-state index in [0.717, 1.165) is 0 Å². The number of nitrogen functional groups attached to an aromatic ring is 1. The van der Waals surface area contributed by atoms with E-state index in [-0.39, 0.29) is 23.2 Å². The summed E-state index contributed by atoms with van der Waals surface area (Å²) in [7, 11) is 0. The number of anilines is 1. The van der Waals surface area contributed by atoms with E-state index in [1.807, 2.05) is 0 Å². The molecule has 1 saturated heterocycles. The van der Waals surface area contributed by atoms with Gasteiger partial charge in [-0.2, -0.15) is 4.98 Å². The minimum Gasteiger partial charge on any atom is -0.481 e. The SMILES string of the molecule is Nc1ccn([C@H]2CO[C@@H](CO)S2)c(=O)n1.O=C(O)C[C@H](O)C(=O)O. The Kier molecular flexibility index (Phi) is 7.64. The Morgan fingerprint density at radius 2 is 2.17 bits per heavy atom. The third kappa shape index (κ3) is 6.16. The van der Waals surface area contributed by atoms with Gasteiger partial charge >= 0.3 is 17.6 Å². The first kappa shape index (κ1) is 19.9. The van der Waals surface area contributed by atoms with Gasteiger partial charge in [-0.05, 0) is 6.07 Å². The van der Waals surface area contributed by atoms with Crippen LogP contribution in [0.25, 0.3) is 0 Å². The molecule has 1 aromatic rings. The van der Waals surface area contributed by atoms with Gasteiger partial charge in [0, 0.05) is 6.20 Å². The van der Waals surface area contributed by atoms with Crippen molar-refractivity contribution < 1.29 is 34.8 Å². The zero-order valence-corrected chi connectivity index (χ0v) is 13.1. The number of thioether (sulfide) groups is 1. The molecule has 0 aliphatic carbocycles. The van der Waals surface area contributed by atoms with Crippen LogP contribution in [0.3, 0.4) is 0 Å². The first-order valence-corrected chi connectivity index (χ1v) is 7.54. The summed E-state index contributed by atoms with van der Waals surface area (Å²) in [4.78, 5) is 34.5. The third-order valence-corrected chi connectivity index (χ3v) is 3.96. The zero-order valence-electron chi connectivity index (χ0n) is 12.3. The Morgan fingerprint density at radius 3 is 2.58 bits per heavy atom. The van der Waals surface area contributed by atoms with Crippen molar-refractivity contribution in [1.29, 1.82) is 0 Å². The van der Waals surface area contributed by atoms with Gasteiger partial charge in [0.25, 0.3) is 0 Å². The van der Waals surface area contributed by atoms with Crippen LogP contribution in [0.15, 0.2) is 17.1 Å². The minimum atomic E-state index is -1.79. The molecule has 0 saturated carbocycles. The summed E-state index contributed by atoms with van der Waals surface area (Å²) in [5.74, 6) is -2.64. The van der Waals surface area contributed by atoms with E-state index in [2.05, 4.69) is 4.98 Å². The van der Waals surface area contributed by atoms with Gasteiger partial charge < -0.3 is 30.9 Å². The van der Waals surface area contributed by atoms with Gasteiger partial charge in [0.2, 0.25) is 0 Å². The Bertz CT molecular complexity index is 637. The highest BCUT2D eigenvalue weighted by atomic mass is 32.2. The molecule has 1 aliphatic heterocycles. The highest BCUT2D eigenvalue weighted by Crippen LogP contribution is 2.34. The molecule has 0 unspecified atom stereocenters. The molecule has 1 aliphatic rings. The van der Waals surface area contributed by atoms with Crippen molar-refractivity contribution >= 4 is 29.5 Å². The number of hydrogen-bond acceptors (Lipinski definition) is 9.